The maximum absolute atomic E-state index is 10.6. The van der Waals surface area contributed by atoms with E-state index in [4.69, 9.17) is 10.4 Å². The largest absolute Gasteiger partial charge is 0.478 e. The van der Waals surface area contributed by atoms with Crippen molar-refractivity contribution in [2.45, 2.75) is 6.42 Å². The molecule has 0 amide bonds. The van der Waals surface area contributed by atoms with Crippen LogP contribution in [0.2, 0.25) is 0 Å². The van der Waals surface area contributed by atoms with Crippen molar-refractivity contribution in [2.75, 3.05) is 0 Å². The summed E-state index contributed by atoms with van der Waals surface area (Å²) >= 11 is 1.26. The van der Waals surface area contributed by atoms with Crippen LogP contribution in [0.1, 0.15) is 21.7 Å². The molecule has 1 rings (SSSR count). The Kier molecular flexibility index (Phi) is 3.08. The van der Waals surface area contributed by atoms with Crippen LogP contribution in [-0.4, -0.2) is 11.1 Å². The predicted molar refractivity (Wildman–Crippen MR) is 48.4 cm³/mol. The van der Waals surface area contributed by atoms with Gasteiger partial charge in [0, 0.05) is 0 Å². The summed E-state index contributed by atoms with van der Waals surface area (Å²) in [6.45, 7) is 0. The SMILES string of the molecule is N#CCC#Cc1sccc1C(=O)O. The molecule has 0 fully saturated rings. The lowest BCUT2D eigenvalue weighted by Crippen LogP contribution is -1.95. The first-order chi connectivity index (χ1) is 6.25. The topological polar surface area (TPSA) is 61.1 Å². The molecular formula is C9H5NO2S. The summed E-state index contributed by atoms with van der Waals surface area (Å²) in [5.74, 6) is 4.23. The highest BCUT2D eigenvalue weighted by Crippen LogP contribution is 2.14. The van der Waals surface area contributed by atoms with Gasteiger partial charge in [-0.1, -0.05) is 11.8 Å². The lowest BCUT2D eigenvalue weighted by molar-refractivity contribution is 0.0697. The van der Waals surface area contributed by atoms with Crippen molar-refractivity contribution in [3.8, 4) is 17.9 Å². The second-order valence-corrected chi connectivity index (χ2v) is 3.02. The number of hydrogen-bond donors (Lipinski definition) is 1. The molecule has 0 radical (unpaired) electrons. The highest BCUT2D eigenvalue weighted by Gasteiger charge is 2.08. The summed E-state index contributed by atoms with van der Waals surface area (Å²) in [5, 5.41) is 18.6. The number of aromatic carboxylic acids is 1. The summed E-state index contributed by atoms with van der Waals surface area (Å²) in [5.41, 5.74) is 0.204. The quantitative estimate of drug-likeness (QED) is 0.687. The highest BCUT2D eigenvalue weighted by atomic mass is 32.1. The second-order valence-electron chi connectivity index (χ2n) is 2.11. The summed E-state index contributed by atoms with van der Waals surface area (Å²) in [6.07, 6.45) is 0.122. The van der Waals surface area contributed by atoms with Gasteiger partial charge in [0.25, 0.3) is 0 Å². The Morgan fingerprint density at radius 3 is 3.08 bits per heavy atom. The Morgan fingerprint density at radius 1 is 1.69 bits per heavy atom. The fraction of sp³-hybridized carbons (Fsp3) is 0.111. The van der Waals surface area contributed by atoms with E-state index in [1.54, 1.807) is 5.38 Å². The molecule has 0 saturated carbocycles. The van der Waals surface area contributed by atoms with E-state index in [0.29, 0.717) is 4.88 Å². The van der Waals surface area contributed by atoms with Crippen LogP contribution in [0.4, 0.5) is 0 Å². The van der Waals surface area contributed by atoms with E-state index in [1.165, 1.54) is 17.4 Å². The molecule has 1 N–H and O–H groups in total. The van der Waals surface area contributed by atoms with Crippen LogP contribution in [-0.2, 0) is 0 Å². The first-order valence-corrected chi connectivity index (χ1v) is 4.30. The Bertz CT molecular complexity index is 417. The number of hydrogen-bond acceptors (Lipinski definition) is 3. The maximum atomic E-state index is 10.6. The Balaban J connectivity index is 2.92. The van der Waals surface area contributed by atoms with Crippen LogP contribution in [0.25, 0.3) is 0 Å². The highest BCUT2D eigenvalue weighted by molar-refractivity contribution is 7.10. The van der Waals surface area contributed by atoms with Crippen molar-refractivity contribution in [2.24, 2.45) is 0 Å². The summed E-state index contributed by atoms with van der Waals surface area (Å²) in [4.78, 5) is 11.1. The van der Waals surface area contributed by atoms with E-state index in [9.17, 15) is 4.79 Å². The summed E-state index contributed by atoms with van der Waals surface area (Å²) in [7, 11) is 0. The summed E-state index contributed by atoms with van der Waals surface area (Å²) in [6, 6.07) is 3.37. The Hall–Kier alpha value is -1.78. The van der Waals surface area contributed by atoms with E-state index in [-0.39, 0.29) is 12.0 Å². The van der Waals surface area contributed by atoms with E-state index < -0.39 is 5.97 Å². The molecule has 0 aliphatic rings. The van der Waals surface area contributed by atoms with Gasteiger partial charge in [-0.15, -0.1) is 11.3 Å². The van der Waals surface area contributed by atoms with Gasteiger partial charge in [0.2, 0.25) is 0 Å². The minimum atomic E-state index is -0.984. The van der Waals surface area contributed by atoms with Gasteiger partial charge in [-0.3, -0.25) is 0 Å². The van der Waals surface area contributed by atoms with Crippen LogP contribution >= 0.6 is 11.3 Å². The number of carbonyl (C=O) groups is 1. The zero-order chi connectivity index (χ0) is 9.68. The number of thiophene rings is 1. The zero-order valence-corrected chi connectivity index (χ0v) is 7.39. The molecule has 0 aliphatic carbocycles. The number of rotatable bonds is 1. The zero-order valence-electron chi connectivity index (χ0n) is 6.57. The third-order valence-corrected chi connectivity index (χ3v) is 2.09. The van der Waals surface area contributed by atoms with Crippen molar-refractivity contribution in [3.05, 3.63) is 21.9 Å². The summed E-state index contributed by atoms with van der Waals surface area (Å²) < 4.78 is 0. The molecule has 1 heterocycles. The van der Waals surface area contributed by atoms with Crippen LogP contribution < -0.4 is 0 Å². The standard InChI is InChI=1S/C9H5NO2S/c10-5-2-1-3-8-7(9(11)12)4-6-13-8/h4,6H,2H2,(H,11,12). The fourth-order valence-electron chi connectivity index (χ4n) is 0.738. The molecule has 0 aromatic carbocycles. The molecule has 1 aromatic rings. The Labute approximate surface area is 79.2 Å². The van der Waals surface area contributed by atoms with Gasteiger partial charge >= 0.3 is 5.97 Å². The van der Waals surface area contributed by atoms with Gasteiger partial charge in [0.05, 0.1) is 22.9 Å². The average molecular weight is 191 g/mol. The van der Waals surface area contributed by atoms with Gasteiger partial charge in [-0.05, 0) is 11.4 Å². The van der Waals surface area contributed by atoms with Crippen molar-refractivity contribution in [1.29, 1.82) is 5.26 Å². The molecule has 4 heteroatoms. The van der Waals surface area contributed by atoms with E-state index in [0.717, 1.165) is 0 Å². The molecule has 0 aliphatic heterocycles. The molecule has 1 aromatic heterocycles. The van der Waals surface area contributed by atoms with Gasteiger partial charge in [-0.2, -0.15) is 5.26 Å². The molecule has 0 unspecified atom stereocenters. The molecule has 0 saturated heterocycles. The van der Waals surface area contributed by atoms with Gasteiger partial charge in [0.15, 0.2) is 0 Å². The molecular weight excluding hydrogens is 186 g/mol. The number of carboxylic acids is 1. The monoisotopic (exact) mass is 191 g/mol. The lowest BCUT2D eigenvalue weighted by atomic mass is 10.2. The average Bonchev–Trinajstić information content (AvgIpc) is 2.53. The van der Waals surface area contributed by atoms with Crippen molar-refractivity contribution in [1.82, 2.24) is 0 Å². The molecule has 0 atom stereocenters. The molecule has 13 heavy (non-hydrogen) atoms. The first-order valence-electron chi connectivity index (χ1n) is 3.42. The van der Waals surface area contributed by atoms with Gasteiger partial charge in [0.1, 0.15) is 0 Å². The first kappa shape index (κ1) is 9.31. The van der Waals surface area contributed by atoms with Crippen LogP contribution in [0.3, 0.4) is 0 Å². The van der Waals surface area contributed by atoms with Crippen molar-refractivity contribution in [3.63, 3.8) is 0 Å². The lowest BCUT2D eigenvalue weighted by Gasteiger charge is -1.86. The van der Waals surface area contributed by atoms with E-state index >= 15 is 0 Å². The normalized spacial score (nSPS) is 8.23. The number of nitrogens with zero attached hydrogens (tertiary/aromatic N) is 1. The number of nitriles is 1. The molecule has 0 bridgehead atoms. The van der Waals surface area contributed by atoms with Crippen LogP contribution in [0.5, 0.6) is 0 Å². The van der Waals surface area contributed by atoms with Gasteiger partial charge < -0.3 is 5.11 Å². The van der Waals surface area contributed by atoms with Crippen LogP contribution in [0.15, 0.2) is 11.4 Å². The van der Waals surface area contributed by atoms with E-state index in [1.807, 2.05) is 6.07 Å². The fourth-order valence-corrected chi connectivity index (χ4v) is 1.49. The van der Waals surface area contributed by atoms with Gasteiger partial charge in [-0.25, -0.2) is 4.79 Å². The smallest absolute Gasteiger partial charge is 0.337 e. The third kappa shape index (κ3) is 2.33. The Morgan fingerprint density at radius 2 is 2.46 bits per heavy atom. The molecule has 0 spiro atoms. The molecule has 64 valence electrons. The molecule has 3 nitrogen and oxygen atoms in total. The second kappa shape index (κ2) is 4.30. The van der Waals surface area contributed by atoms with E-state index in [2.05, 4.69) is 11.8 Å². The van der Waals surface area contributed by atoms with Crippen molar-refractivity contribution < 1.29 is 9.90 Å². The third-order valence-electron chi connectivity index (χ3n) is 1.26. The van der Waals surface area contributed by atoms with Crippen molar-refractivity contribution >= 4 is 17.3 Å². The minimum Gasteiger partial charge on any atom is -0.478 e. The number of carboxylic acid groups (broad SMARTS) is 1. The minimum absolute atomic E-state index is 0.122. The predicted octanol–water partition coefficient (Wildman–Crippen LogP) is 1.71. The van der Waals surface area contributed by atoms with Crippen LogP contribution in [0, 0.1) is 23.2 Å². The maximum Gasteiger partial charge on any atom is 0.337 e.